The summed E-state index contributed by atoms with van der Waals surface area (Å²) < 4.78 is 10.7. The van der Waals surface area contributed by atoms with Crippen LogP contribution in [0.2, 0.25) is 0 Å². The number of para-hydroxylation sites is 1. The van der Waals surface area contributed by atoms with Gasteiger partial charge in [0.1, 0.15) is 0 Å². The van der Waals surface area contributed by atoms with E-state index < -0.39 is 5.97 Å². The van der Waals surface area contributed by atoms with Crippen LogP contribution < -0.4 is 4.90 Å². The second-order valence-corrected chi connectivity index (χ2v) is 8.45. The Kier molecular flexibility index (Phi) is 4.78. The number of hydrogen-bond acceptors (Lipinski definition) is 7. The number of anilines is 1. The SMILES string of the molecule is Cc1noc2nc(-c3cccs3)cc(C(=O)OCC(=O)N3c4ccccc4C[C@@H]3C)c12. The summed E-state index contributed by atoms with van der Waals surface area (Å²) in [5.41, 5.74) is 3.68. The summed E-state index contributed by atoms with van der Waals surface area (Å²) in [6.45, 7) is 3.38. The summed E-state index contributed by atoms with van der Waals surface area (Å²) in [4.78, 5) is 33.0. The molecule has 1 aliphatic heterocycles. The first-order valence-corrected chi connectivity index (χ1v) is 10.8. The molecule has 0 N–H and O–H groups in total. The normalized spacial score (nSPS) is 15.3. The minimum atomic E-state index is -0.606. The summed E-state index contributed by atoms with van der Waals surface area (Å²) in [6, 6.07) is 13.3. The van der Waals surface area contributed by atoms with E-state index >= 15 is 0 Å². The van der Waals surface area contributed by atoms with Crippen LogP contribution in [-0.4, -0.2) is 34.7 Å². The molecule has 156 valence electrons. The molecule has 4 heterocycles. The van der Waals surface area contributed by atoms with Gasteiger partial charge in [0.2, 0.25) is 0 Å². The number of carbonyl (C=O) groups excluding carboxylic acids is 2. The highest BCUT2D eigenvalue weighted by Gasteiger charge is 2.31. The Bertz CT molecular complexity index is 1300. The molecular weight excluding hydrogens is 414 g/mol. The standard InChI is InChI=1S/C23H19N3O4S/c1-13-10-15-6-3-4-7-18(15)26(13)20(27)12-29-23(28)16-11-17(19-8-5-9-31-19)24-22-21(16)14(2)25-30-22/h3-9,11,13H,10,12H2,1-2H3/t13-/m0/s1. The number of esters is 1. The molecule has 0 unspecified atom stereocenters. The lowest BCUT2D eigenvalue weighted by atomic mass is 10.1. The zero-order chi connectivity index (χ0) is 21.5. The van der Waals surface area contributed by atoms with Crippen LogP contribution in [0.5, 0.6) is 0 Å². The number of aromatic nitrogens is 2. The zero-order valence-electron chi connectivity index (χ0n) is 17.0. The fourth-order valence-corrected chi connectivity index (χ4v) is 4.71. The molecule has 8 heteroatoms. The van der Waals surface area contributed by atoms with E-state index in [4.69, 9.17) is 9.26 Å². The maximum atomic E-state index is 13.0. The predicted molar refractivity (Wildman–Crippen MR) is 117 cm³/mol. The number of ether oxygens (including phenoxy) is 1. The predicted octanol–water partition coefficient (Wildman–Crippen LogP) is 4.39. The molecule has 0 saturated carbocycles. The van der Waals surface area contributed by atoms with Crippen molar-refractivity contribution in [3.8, 4) is 10.6 Å². The molecule has 0 fully saturated rings. The lowest BCUT2D eigenvalue weighted by Gasteiger charge is -2.22. The van der Waals surface area contributed by atoms with E-state index in [1.807, 2.05) is 48.7 Å². The quantitative estimate of drug-likeness (QED) is 0.444. The van der Waals surface area contributed by atoms with Gasteiger partial charge in [-0.05, 0) is 49.4 Å². The highest BCUT2D eigenvalue weighted by Crippen LogP contribution is 2.32. The van der Waals surface area contributed by atoms with Crippen molar-refractivity contribution in [2.24, 2.45) is 0 Å². The van der Waals surface area contributed by atoms with Crippen LogP contribution in [0.3, 0.4) is 0 Å². The van der Waals surface area contributed by atoms with Crippen molar-refractivity contribution in [2.75, 3.05) is 11.5 Å². The van der Waals surface area contributed by atoms with Crippen LogP contribution in [0.4, 0.5) is 5.69 Å². The van der Waals surface area contributed by atoms with Crippen molar-refractivity contribution in [1.82, 2.24) is 10.1 Å². The first-order valence-electron chi connectivity index (χ1n) is 9.91. The fraction of sp³-hybridized carbons (Fsp3) is 0.217. The van der Waals surface area contributed by atoms with Gasteiger partial charge in [0, 0.05) is 11.7 Å². The highest BCUT2D eigenvalue weighted by molar-refractivity contribution is 7.13. The van der Waals surface area contributed by atoms with Crippen molar-refractivity contribution in [3.63, 3.8) is 0 Å². The van der Waals surface area contributed by atoms with Gasteiger partial charge in [-0.15, -0.1) is 11.3 Å². The molecule has 0 bridgehead atoms. The third-order valence-corrected chi connectivity index (χ3v) is 6.31. The first-order chi connectivity index (χ1) is 15.0. The Morgan fingerprint density at radius 1 is 1.26 bits per heavy atom. The maximum absolute atomic E-state index is 13.0. The Labute approximate surface area is 182 Å². The van der Waals surface area contributed by atoms with Gasteiger partial charge < -0.3 is 14.2 Å². The third-order valence-electron chi connectivity index (χ3n) is 5.41. The zero-order valence-corrected chi connectivity index (χ0v) is 17.8. The molecule has 1 amide bonds. The molecule has 0 spiro atoms. The van der Waals surface area contributed by atoms with E-state index in [1.165, 1.54) is 11.3 Å². The second-order valence-electron chi connectivity index (χ2n) is 7.50. The van der Waals surface area contributed by atoms with E-state index in [9.17, 15) is 9.59 Å². The van der Waals surface area contributed by atoms with Crippen LogP contribution in [0.1, 0.15) is 28.5 Å². The number of benzene rings is 1. The largest absolute Gasteiger partial charge is 0.452 e. The van der Waals surface area contributed by atoms with Gasteiger partial charge in [0.15, 0.2) is 6.61 Å². The molecule has 0 aliphatic carbocycles. The maximum Gasteiger partial charge on any atom is 0.339 e. The average Bonchev–Trinajstić information content (AvgIpc) is 3.50. The van der Waals surface area contributed by atoms with Gasteiger partial charge in [-0.1, -0.05) is 29.4 Å². The fourth-order valence-electron chi connectivity index (χ4n) is 4.03. The van der Waals surface area contributed by atoms with Gasteiger partial charge in [-0.3, -0.25) is 4.79 Å². The molecule has 7 nitrogen and oxygen atoms in total. The highest BCUT2D eigenvalue weighted by atomic mass is 32.1. The summed E-state index contributed by atoms with van der Waals surface area (Å²) >= 11 is 1.50. The number of hydrogen-bond donors (Lipinski definition) is 0. The lowest BCUT2D eigenvalue weighted by Crippen LogP contribution is -2.38. The molecule has 5 rings (SSSR count). The Morgan fingerprint density at radius 3 is 2.90 bits per heavy atom. The van der Waals surface area contributed by atoms with Crippen LogP contribution >= 0.6 is 11.3 Å². The van der Waals surface area contributed by atoms with Gasteiger partial charge >= 0.3 is 5.97 Å². The number of nitrogens with zero attached hydrogens (tertiary/aromatic N) is 3. The van der Waals surface area contributed by atoms with E-state index in [2.05, 4.69) is 10.1 Å². The van der Waals surface area contributed by atoms with Crippen LogP contribution in [0.25, 0.3) is 21.7 Å². The topological polar surface area (TPSA) is 85.5 Å². The number of fused-ring (bicyclic) bond motifs is 2. The van der Waals surface area contributed by atoms with Crippen molar-refractivity contribution >= 4 is 40.0 Å². The second kappa shape index (κ2) is 7.63. The number of rotatable bonds is 4. The molecule has 31 heavy (non-hydrogen) atoms. The van der Waals surface area contributed by atoms with Gasteiger partial charge in [-0.25, -0.2) is 9.78 Å². The molecule has 4 aromatic rings. The van der Waals surface area contributed by atoms with E-state index in [0.717, 1.165) is 22.5 Å². The summed E-state index contributed by atoms with van der Waals surface area (Å²) in [5, 5.41) is 6.36. The summed E-state index contributed by atoms with van der Waals surface area (Å²) in [6.07, 6.45) is 0.783. The molecular formula is C23H19N3O4S. The Balaban J connectivity index is 1.41. The number of carbonyl (C=O) groups is 2. The minimum absolute atomic E-state index is 0.0157. The van der Waals surface area contributed by atoms with Crippen molar-refractivity contribution in [1.29, 1.82) is 0 Å². The molecule has 1 aromatic carbocycles. The van der Waals surface area contributed by atoms with Crippen molar-refractivity contribution in [3.05, 3.63) is 64.7 Å². The lowest BCUT2D eigenvalue weighted by molar-refractivity contribution is -0.122. The molecule has 0 saturated heterocycles. The van der Waals surface area contributed by atoms with Crippen molar-refractivity contribution < 1.29 is 18.8 Å². The van der Waals surface area contributed by atoms with Gasteiger partial charge in [0.05, 0.1) is 27.2 Å². The van der Waals surface area contributed by atoms with Crippen LogP contribution in [0.15, 0.2) is 52.4 Å². The summed E-state index contributed by atoms with van der Waals surface area (Å²) in [5.74, 6) is -0.860. The van der Waals surface area contributed by atoms with Crippen LogP contribution in [-0.2, 0) is 16.0 Å². The Hall–Kier alpha value is -3.52. The smallest absolute Gasteiger partial charge is 0.339 e. The average molecular weight is 433 g/mol. The van der Waals surface area contributed by atoms with Crippen LogP contribution in [0, 0.1) is 6.92 Å². The number of thiophene rings is 1. The number of aryl methyl sites for hydroxylation is 1. The third kappa shape index (κ3) is 3.38. The molecule has 1 atom stereocenters. The van der Waals surface area contributed by atoms with Gasteiger partial charge in [0.25, 0.3) is 11.6 Å². The molecule has 3 aromatic heterocycles. The number of amides is 1. The minimum Gasteiger partial charge on any atom is -0.452 e. The molecule has 1 aliphatic rings. The van der Waals surface area contributed by atoms with Crippen molar-refractivity contribution in [2.45, 2.75) is 26.3 Å². The first kappa shape index (κ1) is 19.4. The van der Waals surface area contributed by atoms with E-state index in [0.29, 0.717) is 16.8 Å². The number of pyridine rings is 1. The van der Waals surface area contributed by atoms with Gasteiger partial charge in [-0.2, -0.15) is 0 Å². The Morgan fingerprint density at radius 2 is 2.10 bits per heavy atom. The van der Waals surface area contributed by atoms with E-state index in [1.54, 1.807) is 17.9 Å². The summed E-state index contributed by atoms with van der Waals surface area (Å²) in [7, 11) is 0. The molecule has 0 radical (unpaired) electrons. The monoisotopic (exact) mass is 433 g/mol. The van der Waals surface area contributed by atoms with E-state index in [-0.39, 0.29) is 29.8 Å².